The Bertz CT molecular complexity index is 153. The molecule has 0 amide bonds. The van der Waals surface area contributed by atoms with E-state index >= 15 is 0 Å². The molecule has 2 radical (unpaired) electrons. The fourth-order valence-electron chi connectivity index (χ4n) is 0.291. The van der Waals surface area contributed by atoms with Gasteiger partial charge in [-0.05, 0) is 19.6 Å². The molecule has 0 saturated carbocycles. The van der Waals surface area contributed by atoms with E-state index in [1.165, 1.54) is 6.08 Å². The molecule has 0 fully saturated rings. The van der Waals surface area contributed by atoms with Crippen LogP contribution in [0.1, 0.15) is 13.8 Å². The van der Waals surface area contributed by atoms with Crippen LogP contribution in [-0.4, -0.2) is 25.5 Å². The molecule has 66 valence electrons. The van der Waals surface area contributed by atoms with Gasteiger partial charge in [-0.25, -0.2) is 0 Å². The van der Waals surface area contributed by atoms with Crippen molar-refractivity contribution < 1.29 is 26.9 Å². The Morgan fingerprint density at radius 3 is 2.33 bits per heavy atom. The van der Waals surface area contributed by atoms with Gasteiger partial charge in [-0.3, -0.25) is 0 Å². The predicted octanol–water partition coefficient (Wildman–Crippen LogP) is 0.113. The molecule has 0 aromatic carbocycles. The van der Waals surface area contributed by atoms with Crippen LogP contribution in [0.2, 0.25) is 0 Å². The average Bonchev–Trinajstić information content (AvgIpc) is 1.93. The van der Waals surface area contributed by atoms with Crippen molar-refractivity contribution in [3.05, 3.63) is 24.3 Å². The molecule has 0 heterocycles. The molecule has 0 aliphatic heterocycles. The van der Waals surface area contributed by atoms with E-state index in [1.54, 1.807) is 13.8 Å². The molecule has 0 aromatic rings. The second kappa shape index (κ2) is 22.4. The first-order valence-electron chi connectivity index (χ1n) is 2.74. The average molecular weight is 210 g/mol. The normalized spacial score (nSPS) is 5.00. The summed E-state index contributed by atoms with van der Waals surface area (Å²) >= 11 is 0. The van der Waals surface area contributed by atoms with Crippen molar-refractivity contribution in [2.45, 2.75) is 13.8 Å². The van der Waals surface area contributed by atoms with Crippen LogP contribution in [-0.2, 0) is 21.8 Å². The third-order valence-electron chi connectivity index (χ3n) is 0.538. The van der Waals surface area contributed by atoms with E-state index in [9.17, 15) is 5.11 Å². The fourth-order valence-corrected chi connectivity index (χ4v) is 0.291. The van der Waals surface area contributed by atoms with Crippen LogP contribution in [0.15, 0.2) is 17.8 Å². The molecule has 0 aromatic heterocycles. The van der Waals surface area contributed by atoms with Crippen LogP contribution >= 0.6 is 0 Å². The number of nitrogens with zero attached hydrogens (tertiary/aromatic N) is 1. The van der Waals surface area contributed by atoms with E-state index in [0.29, 0.717) is 6.61 Å². The minimum Gasteiger partial charge on any atom is -0.608 e. The van der Waals surface area contributed by atoms with E-state index in [0.717, 1.165) is 0 Å². The van der Waals surface area contributed by atoms with Crippen molar-refractivity contribution in [2.24, 2.45) is 0 Å². The van der Waals surface area contributed by atoms with Crippen LogP contribution < -0.4 is 5.11 Å². The van der Waals surface area contributed by atoms with E-state index < -0.39 is 5.95 Å². The van der Waals surface area contributed by atoms with Crippen molar-refractivity contribution in [3.8, 4) is 0 Å². The van der Waals surface area contributed by atoms with Gasteiger partial charge in [0.15, 0.2) is 0 Å². The van der Waals surface area contributed by atoms with E-state index in [-0.39, 0.29) is 35.9 Å². The predicted molar refractivity (Wildman–Crippen MR) is 39.6 cm³/mol. The van der Waals surface area contributed by atoms with Gasteiger partial charge in [0.1, 0.15) is 0 Å². The number of allylic oxidation sites excluding steroid dienone is 1. The molecule has 0 spiro atoms. The molecule has 0 bridgehead atoms. The van der Waals surface area contributed by atoms with Crippen LogP contribution in [0.4, 0.5) is 0 Å². The Balaban J connectivity index is -0.0000000740. The monoisotopic (exact) mass is 209 g/mol. The van der Waals surface area contributed by atoms with Gasteiger partial charge in [0.25, 0.3) is 0 Å². The molecule has 0 atom stereocenters. The van der Waals surface area contributed by atoms with Crippen molar-refractivity contribution in [3.63, 3.8) is 0 Å². The maximum Gasteiger partial charge on any atom is 2.00 e. The Kier molecular flexibility index (Phi) is 42.2. The Labute approximate surface area is 95.7 Å². The molecular formula is C7H9CuLiNO2. The van der Waals surface area contributed by atoms with Gasteiger partial charge in [0, 0.05) is 18.9 Å². The Morgan fingerprint density at radius 2 is 2.08 bits per heavy atom. The van der Waals surface area contributed by atoms with Crippen LogP contribution in [0.25, 0.3) is 0 Å². The van der Waals surface area contributed by atoms with E-state index in [2.05, 4.69) is 10.5 Å². The summed E-state index contributed by atoms with van der Waals surface area (Å²) in [5.41, 5.74) is 2.36. The minimum atomic E-state index is -0.394. The van der Waals surface area contributed by atoms with Crippen molar-refractivity contribution in [1.82, 2.24) is 0 Å². The van der Waals surface area contributed by atoms with Gasteiger partial charge in [-0.2, -0.15) is 0 Å². The SMILES string of the molecule is CC=C=C([O-])OCC.[C-]#N.[Cu+2].[Li]. The van der Waals surface area contributed by atoms with Crippen LogP contribution in [0.5, 0.6) is 0 Å². The van der Waals surface area contributed by atoms with Crippen molar-refractivity contribution >= 4 is 18.9 Å². The molecule has 0 aliphatic carbocycles. The van der Waals surface area contributed by atoms with Gasteiger partial charge in [-0.15, -0.1) is 5.73 Å². The molecule has 12 heavy (non-hydrogen) atoms. The summed E-state index contributed by atoms with van der Waals surface area (Å²) in [6.07, 6.45) is 1.53. The number of rotatable bonds is 2. The second-order valence-corrected chi connectivity index (χ2v) is 1.15. The number of hydrogen-bond donors (Lipinski definition) is 0. The molecule has 0 saturated heterocycles. The standard InChI is InChI=1S/C6H10O2.CN.Cu.Li/c1-3-5-6(7)8-4-2;1-2;;/h3,7H,4H2,1-2H3;;;/q;-1;+2;/p-1. The third kappa shape index (κ3) is 22.6. The molecule has 0 unspecified atom stereocenters. The molecule has 5 heteroatoms. The summed E-state index contributed by atoms with van der Waals surface area (Å²) in [6.45, 7) is 8.64. The smallest absolute Gasteiger partial charge is 0.608 e. The molecule has 0 aliphatic rings. The van der Waals surface area contributed by atoms with Gasteiger partial charge >= 0.3 is 17.1 Å². The second-order valence-electron chi connectivity index (χ2n) is 1.15. The van der Waals surface area contributed by atoms with Gasteiger partial charge in [0.05, 0.1) is 5.95 Å². The first kappa shape index (κ1) is 22.6. The first-order valence-corrected chi connectivity index (χ1v) is 2.74. The number of ether oxygens (including phenoxy) is 1. The Hall–Kier alpha value is -0.273. The molecule has 0 N–H and O–H groups in total. The van der Waals surface area contributed by atoms with Crippen molar-refractivity contribution in [1.29, 1.82) is 5.26 Å². The molecule has 3 nitrogen and oxygen atoms in total. The van der Waals surface area contributed by atoms with E-state index in [4.69, 9.17) is 11.8 Å². The Morgan fingerprint density at radius 1 is 1.67 bits per heavy atom. The first-order chi connectivity index (χ1) is 4.81. The van der Waals surface area contributed by atoms with Gasteiger partial charge in [0.2, 0.25) is 0 Å². The summed E-state index contributed by atoms with van der Waals surface area (Å²) in [4.78, 5) is 0. The van der Waals surface area contributed by atoms with E-state index in [1.807, 2.05) is 0 Å². The zero-order chi connectivity index (χ0) is 8.41. The summed E-state index contributed by atoms with van der Waals surface area (Å²) < 4.78 is 4.50. The summed E-state index contributed by atoms with van der Waals surface area (Å²) in [5.74, 6) is -0.394. The maximum absolute atomic E-state index is 10.3. The summed E-state index contributed by atoms with van der Waals surface area (Å²) in [6, 6.07) is 0. The minimum absolute atomic E-state index is 0. The maximum atomic E-state index is 10.3. The van der Waals surface area contributed by atoms with Crippen LogP contribution in [0.3, 0.4) is 0 Å². The van der Waals surface area contributed by atoms with Crippen LogP contribution in [0, 0.1) is 11.8 Å². The third-order valence-corrected chi connectivity index (χ3v) is 0.538. The zero-order valence-corrected chi connectivity index (χ0v) is 8.29. The topological polar surface area (TPSA) is 56.1 Å². The molecular weight excluding hydrogens is 201 g/mol. The fraction of sp³-hybridized carbons (Fsp3) is 0.429. The number of hydrogen-bond acceptors (Lipinski definition) is 3. The zero-order valence-electron chi connectivity index (χ0n) is 7.35. The summed E-state index contributed by atoms with van der Waals surface area (Å²) in [7, 11) is 0. The van der Waals surface area contributed by atoms with Gasteiger partial charge in [-0.1, -0.05) is 6.92 Å². The molecule has 0 rings (SSSR count). The van der Waals surface area contributed by atoms with Crippen molar-refractivity contribution in [2.75, 3.05) is 6.61 Å². The largest absolute Gasteiger partial charge is 2.00 e. The quantitative estimate of drug-likeness (QED) is 0.281. The summed E-state index contributed by atoms with van der Waals surface area (Å²) in [5, 5.41) is 16.5. The van der Waals surface area contributed by atoms with Gasteiger partial charge < -0.3 is 21.7 Å².